The number of hydrogen-bond acceptors (Lipinski definition) is 3. The number of hydrogen-bond donors (Lipinski definition) is 1. The zero-order chi connectivity index (χ0) is 18.7. The third kappa shape index (κ3) is 3.45. The van der Waals surface area contributed by atoms with Crippen molar-refractivity contribution >= 4 is 22.8 Å². The summed E-state index contributed by atoms with van der Waals surface area (Å²) in [6, 6.07) is 13.7. The maximum absolute atomic E-state index is 12.4. The Kier molecular flexibility index (Phi) is 5.03. The summed E-state index contributed by atoms with van der Waals surface area (Å²) < 4.78 is 5.00. The third-order valence-corrected chi connectivity index (χ3v) is 4.34. The Morgan fingerprint density at radius 2 is 1.88 bits per heavy atom. The smallest absolute Gasteiger partial charge is 0.333 e. The lowest BCUT2D eigenvalue weighted by molar-refractivity contribution is -0.138. The average Bonchev–Trinajstić information content (AvgIpc) is 2.63. The van der Waals surface area contributed by atoms with Crippen LogP contribution in [-0.4, -0.2) is 17.6 Å². The number of aromatic nitrogens is 1. The Morgan fingerprint density at radius 1 is 1.12 bits per heavy atom. The first-order chi connectivity index (χ1) is 12.5. The van der Waals surface area contributed by atoms with Gasteiger partial charge in [-0.15, -0.1) is 0 Å². The molecule has 1 heterocycles. The van der Waals surface area contributed by atoms with Crippen LogP contribution in [0.1, 0.15) is 25.0 Å². The van der Waals surface area contributed by atoms with E-state index in [4.69, 9.17) is 4.74 Å². The number of carbonyl (C=O) groups excluding carboxylic acids is 1. The van der Waals surface area contributed by atoms with Gasteiger partial charge in [-0.25, -0.2) is 4.79 Å². The predicted octanol–water partition coefficient (Wildman–Crippen LogP) is 4.47. The minimum Gasteiger partial charge on any atom is -0.463 e. The molecule has 26 heavy (non-hydrogen) atoms. The second kappa shape index (κ2) is 7.40. The molecule has 4 nitrogen and oxygen atoms in total. The van der Waals surface area contributed by atoms with Crippen LogP contribution in [0.2, 0.25) is 0 Å². The molecule has 0 radical (unpaired) electrons. The maximum Gasteiger partial charge on any atom is 0.333 e. The summed E-state index contributed by atoms with van der Waals surface area (Å²) in [5, 5.41) is 1.48. The van der Waals surface area contributed by atoms with Crippen molar-refractivity contribution in [3.05, 3.63) is 75.7 Å². The van der Waals surface area contributed by atoms with Crippen LogP contribution in [0, 0.1) is 6.92 Å². The summed E-state index contributed by atoms with van der Waals surface area (Å²) in [5.41, 5.74) is 4.34. The van der Waals surface area contributed by atoms with Gasteiger partial charge in [0.2, 0.25) is 0 Å². The number of benzene rings is 2. The normalized spacial score (nSPS) is 11.6. The molecule has 0 aliphatic rings. The highest BCUT2D eigenvalue weighted by atomic mass is 16.5. The molecular formula is C22H21NO3. The molecule has 0 bridgehead atoms. The van der Waals surface area contributed by atoms with E-state index in [1.807, 2.05) is 43.3 Å². The van der Waals surface area contributed by atoms with E-state index in [0.717, 1.165) is 27.6 Å². The minimum absolute atomic E-state index is 0.152. The average molecular weight is 347 g/mol. The Morgan fingerprint density at radius 3 is 2.62 bits per heavy atom. The largest absolute Gasteiger partial charge is 0.463 e. The van der Waals surface area contributed by atoms with Gasteiger partial charge in [0, 0.05) is 22.7 Å². The van der Waals surface area contributed by atoms with E-state index < -0.39 is 0 Å². The standard InChI is InChI=1S/C22H21NO3/c1-4-26-22(25)15(3)11-16-9-10-18-19(12-16)21(24)23-13-20(18)17-8-6-5-7-14(17)2/h5-13H,4H2,1-3H3,(H,23,24)/b15-11+. The molecule has 0 saturated carbocycles. The first-order valence-corrected chi connectivity index (χ1v) is 8.58. The van der Waals surface area contributed by atoms with Gasteiger partial charge in [-0.3, -0.25) is 4.79 Å². The van der Waals surface area contributed by atoms with Gasteiger partial charge in [0.25, 0.3) is 5.56 Å². The van der Waals surface area contributed by atoms with Crippen LogP contribution in [0.5, 0.6) is 0 Å². The first kappa shape index (κ1) is 17.7. The number of pyridine rings is 1. The van der Waals surface area contributed by atoms with Gasteiger partial charge in [-0.2, -0.15) is 0 Å². The van der Waals surface area contributed by atoms with Crippen LogP contribution in [0.25, 0.3) is 28.0 Å². The fourth-order valence-corrected chi connectivity index (χ4v) is 3.02. The highest BCUT2D eigenvalue weighted by Gasteiger charge is 2.10. The number of rotatable bonds is 4. The lowest BCUT2D eigenvalue weighted by Crippen LogP contribution is -2.07. The van der Waals surface area contributed by atoms with Gasteiger partial charge >= 0.3 is 5.97 Å². The lowest BCUT2D eigenvalue weighted by Gasteiger charge is -2.10. The van der Waals surface area contributed by atoms with E-state index in [1.165, 1.54) is 0 Å². The third-order valence-electron chi connectivity index (χ3n) is 4.34. The Hall–Kier alpha value is -3.14. The molecule has 3 aromatic rings. The van der Waals surface area contributed by atoms with E-state index in [9.17, 15) is 9.59 Å². The Balaban J connectivity index is 2.13. The topological polar surface area (TPSA) is 59.2 Å². The second-order valence-electron chi connectivity index (χ2n) is 6.20. The summed E-state index contributed by atoms with van der Waals surface area (Å²) in [5.74, 6) is -0.352. The summed E-state index contributed by atoms with van der Waals surface area (Å²) in [6.45, 7) is 5.86. The zero-order valence-corrected chi connectivity index (χ0v) is 15.1. The van der Waals surface area contributed by atoms with E-state index >= 15 is 0 Å². The van der Waals surface area contributed by atoms with Crippen molar-refractivity contribution in [1.29, 1.82) is 0 Å². The van der Waals surface area contributed by atoms with Crippen LogP contribution in [0.15, 0.2) is 59.0 Å². The summed E-state index contributed by atoms with van der Waals surface area (Å²) in [6.07, 6.45) is 3.49. The fourth-order valence-electron chi connectivity index (χ4n) is 3.02. The molecule has 1 N–H and O–H groups in total. The quantitative estimate of drug-likeness (QED) is 0.559. The van der Waals surface area contributed by atoms with Crippen LogP contribution < -0.4 is 5.56 Å². The maximum atomic E-state index is 12.4. The SMILES string of the molecule is CCOC(=O)/C(C)=C/c1ccc2c(-c3ccccc3C)c[nH]c(=O)c2c1. The van der Waals surface area contributed by atoms with Gasteiger partial charge in [0.05, 0.1) is 6.61 Å². The molecule has 0 saturated heterocycles. The van der Waals surface area contributed by atoms with Crippen LogP contribution in [-0.2, 0) is 9.53 Å². The van der Waals surface area contributed by atoms with Crippen molar-refractivity contribution in [2.24, 2.45) is 0 Å². The van der Waals surface area contributed by atoms with Crippen molar-refractivity contribution in [2.75, 3.05) is 6.61 Å². The van der Waals surface area contributed by atoms with E-state index in [2.05, 4.69) is 4.98 Å². The van der Waals surface area contributed by atoms with Crippen molar-refractivity contribution in [3.8, 4) is 11.1 Å². The number of ether oxygens (including phenoxy) is 1. The molecule has 0 amide bonds. The molecule has 0 aliphatic carbocycles. The molecule has 132 valence electrons. The van der Waals surface area contributed by atoms with E-state index in [-0.39, 0.29) is 11.5 Å². The van der Waals surface area contributed by atoms with Crippen molar-refractivity contribution < 1.29 is 9.53 Å². The summed E-state index contributed by atoms with van der Waals surface area (Å²) >= 11 is 0. The van der Waals surface area contributed by atoms with Crippen molar-refractivity contribution in [3.63, 3.8) is 0 Å². The highest BCUT2D eigenvalue weighted by Crippen LogP contribution is 2.29. The number of esters is 1. The number of nitrogens with one attached hydrogen (secondary N) is 1. The van der Waals surface area contributed by atoms with Crippen LogP contribution in [0.3, 0.4) is 0 Å². The monoisotopic (exact) mass is 347 g/mol. The predicted molar refractivity (Wildman–Crippen MR) is 105 cm³/mol. The molecule has 0 unspecified atom stereocenters. The summed E-state index contributed by atoms with van der Waals surface area (Å²) in [4.78, 5) is 27.0. The lowest BCUT2D eigenvalue weighted by atomic mass is 9.96. The zero-order valence-electron chi connectivity index (χ0n) is 15.1. The van der Waals surface area contributed by atoms with Gasteiger partial charge in [0.15, 0.2) is 0 Å². The van der Waals surface area contributed by atoms with Crippen molar-refractivity contribution in [1.82, 2.24) is 4.98 Å². The second-order valence-corrected chi connectivity index (χ2v) is 6.20. The van der Waals surface area contributed by atoms with E-state index in [1.54, 1.807) is 32.2 Å². The number of aromatic amines is 1. The van der Waals surface area contributed by atoms with Crippen molar-refractivity contribution in [2.45, 2.75) is 20.8 Å². The number of carbonyl (C=O) groups is 1. The van der Waals surface area contributed by atoms with Gasteiger partial charge < -0.3 is 9.72 Å². The van der Waals surface area contributed by atoms with Gasteiger partial charge in [-0.1, -0.05) is 36.4 Å². The molecule has 0 spiro atoms. The molecule has 1 aromatic heterocycles. The molecule has 0 aliphatic heterocycles. The Labute approximate surface area is 152 Å². The fraction of sp³-hybridized carbons (Fsp3) is 0.182. The Bertz CT molecular complexity index is 1060. The van der Waals surface area contributed by atoms with E-state index in [0.29, 0.717) is 17.6 Å². The number of aryl methyl sites for hydroxylation is 1. The molecular weight excluding hydrogens is 326 g/mol. The molecule has 0 fully saturated rings. The number of H-pyrrole nitrogens is 1. The van der Waals surface area contributed by atoms with Gasteiger partial charge in [-0.05, 0) is 55.0 Å². The molecule has 2 aromatic carbocycles. The minimum atomic E-state index is -0.352. The first-order valence-electron chi connectivity index (χ1n) is 8.58. The molecule has 3 rings (SSSR count). The van der Waals surface area contributed by atoms with Crippen LogP contribution >= 0.6 is 0 Å². The molecule has 4 heteroatoms. The highest BCUT2D eigenvalue weighted by molar-refractivity contribution is 5.98. The van der Waals surface area contributed by atoms with Crippen LogP contribution in [0.4, 0.5) is 0 Å². The molecule has 0 atom stereocenters. The number of fused-ring (bicyclic) bond motifs is 1. The van der Waals surface area contributed by atoms with Gasteiger partial charge in [0.1, 0.15) is 0 Å². The summed E-state index contributed by atoms with van der Waals surface area (Å²) in [7, 11) is 0.